The fourth-order valence-corrected chi connectivity index (χ4v) is 3.84. The number of furan rings is 1. The van der Waals surface area contributed by atoms with E-state index in [0.29, 0.717) is 10.6 Å². The Morgan fingerprint density at radius 3 is 2.50 bits per heavy atom. The van der Waals surface area contributed by atoms with Crippen molar-refractivity contribution >= 4 is 28.2 Å². The number of carbonyl (C=O) groups is 2. The second-order valence-electron chi connectivity index (χ2n) is 5.48. The summed E-state index contributed by atoms with van der Waals surface area (Å²) in [6.07, 6.45) is 2.17. The second kappa shape index (κ2) is 8.01. The number of amides is 1. The molecular weight excluding hydrogens is 350 g/mol. The van der Waals surface area contributed by atoms with Gasteiger partial charge in [0.1, 0.15) is 10.6 Å². The first-order valence-corrected chi connectivity index (χ1v) is 9.20. The van der Waals surface area contributed by atoms with Gasteiger partial charge in [-0.2, -0.15) is 0 Å². The molecule has 0 radical (unpaired) electrons. The molecule has 1 amide bonds. The summed E-state index contributed by atoms with van der Waals surface area (Å²) in [6, 6.07) is 12.9. The van der Waals surface area contributed by atoms with Crippen molar-refractivity contribution < 1.29 is 18.7 Å². The maximum absolute atomic E-state index is 12.7. The molecule has 5 nitrogen and oxygen atoms in total. The third-order valence-electron chi connectivity index (χ3n) is 3.82. The van der Waals surface area contributed by atoms with Gasteiger partial charge in [0.05, 0.1) is 12.9 Å². The van der Waals surface area contributed by atoms with Gasteiger partial charge in [0.15, 0.2) is 5.76 Å². The third-order valence-corrected chi connectivity index (χ3v) is 5.07. The van der Waals surface area contributed by atoms with Gasteiger partial charge in [0.25, 0.3) is 5.91 Å². The van der Waals surface area contributed by atoms with Crippen molar-refractivity contribution in [1.29, 1.82) is 0 Å². The van der Waals surface area contributed by atoms with Crippen molar-refractivity contribution in [3.05, 3.63) is 64.9 Å². The summed E-state index contributed by atoms with van der Waals surface area (Å²) in [5.74, 6) is -0.659. The van der Waals surface area contributed by atoms with Crippen LogP contribution in [0.25, 0.3) is 11.1 Å². The number of ether oxygens (including phenoxy) is 1. The first-order chi connectivity index (χ1) is 12.7. The second-order valence-corrected chi connectivity index (χ2v) is 6.58. The van der Waals surface area contributed by atoms with Crippen LogP contribution in [-0.2, 0) is 11.2 Å². The van der Waals surface area contributed by atoms with Crippen LogP contribution in [0.15, 0.2) is 53.1 Å². The zero-order valence-electron chi connectivity index (χ0n) is 14.6. The molecule has 2 heterocycles. The fourth-order valence-electron chi connectivity index (χ4n) is 2.70. The Kier molecular flexibility index (Phi) is 5.53. The molecule has 0 atom stereocenters. The predicted octanol–water partition coefficient (Wildman–Crippen LogP) is 5.00. The Hall–Kier alpha value is -2.86. The normalized spacial score (nSPS) is 10.5. The monoisotopic (exact) mass is 369 g/mol. The molecule has 0 aliphatic heterocycles. The van der Waals surface area contributed by atoms with E-state index in [1.54, 1.807) is 19.1 Å². The van der Waals surface area contributed by atoms with Gasteiger partial charge in [0.2, 0.25) is 0 Å². The van der Waals surface area contributed by atoms with E-state index < -0.39 is 11.9 Å². The van der Waals surface area contributed by atoms with E-state index in [1.165, 1.54) is 17.6 Å². The van der Waals surface area contributed by atoms with Crippen molar-refractivity contribution in [2.45, 2.75) is 20.3 Å². The van der Waals surface area contributed by atoms with Gasteiger partial charge in [-0.1, -0.05) is 37.3 Å². The van der Waals surface area contributed by atoms with Gasteiger partial charge in [-0.25, -0.2) is 4.79 Å². The van der Waals surface area contributed by atoms with Crippen LogP contribution >= 0.6 is 11.3 Å². The van der Waals surface area contributed by atoms with E-state index in [9.17, 15) is 9.59 Å². The van der Waals surface area contributed by atoms with Crippen molar-refractivity contribution in [3.63, 3.8) is 0 Å². The van der Waals surface area contributed by atoms with Gasteiger partial charge in [-0.3, -0.25) is 4.79 Å². The van der Waals surface area contributed by atoms with Crippen LogP contribution in [0, 0.1) is 0 Å². The fraction of sp³-hybridized carbons (Fsp3) is 0.200. The Bertz CT molecular complexity index is 898. The highest BCUT2D eigenvalue weighted by atomic mass is 32.1. The Labute approximate surface area is 155 Å². The summed E-state index contributed by atoms with van der Waals surface area (Å²) in [4.78, 5) is 26.1. The van der Waals surface area contributed by atoms with E-state index in [1.807, 2.05) is 37.3 Å². The van der Waals surface area contributed by atoms with E-state index >= 15 is 0 Å². The maximum Gasteiger partial charge on any atom is 0.341 e. The lowest BCUT2D eigenvalue weighted by Crippen LogP contribution is -2.14. The number of rotatable bonds is 6. The third kappa shape index (κ3) is 3.55. The highest BCUT2D eigenvalue weighted by Gasteiger charge is 2.26. The zero-order valence-corrected chi connectivity index (χ0v) is 15.4. The SMILES string of the molecule is CCOC(=O)c1c(NC(=O)c2ccco2)sc(CC)c1-c1ccccc1. The molecule has 6 heteroatoms. The Morgan fingerprint density at radius 1 is 1.12 bits per heavy atom. The number of anilines is 1. The standard InChI is InChI=1S/C20H19NO4S/c1-3-15-16(13-9-6-5-7-10-13)17(20(23)24-4-2)19(26-15)21-18(22)14-11-8-12-25-14/h5-12H,3-4H2,1-2H3,(H,21,22). The Balaban J connectivity index is 2.10. The van der Waals surface area contributed by atoms with Crippen LogP contribution in [0.3, 0.4) is 0 Å². The molecule has 0 saturated carbocycles. The molecule has 0 saturated heterocycles. The van der Waals surface area contributed by atoms with Crippen LogP contribution in [0.5, 0.6) is 0 Å². The van der Waals surface area contributed by atoms with Crippen molar-refractivity contribution in [3.8, 4) is 11.1 Å². The maximum atomic E-state index is 12.7. The molecule has 134 valence electrons. The first kappa shape index (κ1) is 17.9. The lowest BCUT2D eigenvalue weighted by molar-refractivity contribution is 0.0529. The minimum absolute atomic E-state index is 0.188. The molecule has 2 aromatic heterocycles. The first-order valence-electron chi connectivity index (χ1n) is 8.38. The highest BCUT2D eigenvalue weighted by Crippen LogP contribution is 2.41. The molecule has 26 heavy (non-hydrogen) atoms. The van der Waals surface area contributed by atoms with E-state index in [-0.39, 0.29) is 12.4 Å². The Morgan fingerprint density at radius 2 is 1.88 bits per heavy atom. The van der Waals surface area contributed by atoms with Crippen molar-refractivity contribution in [2.24, 2.45) is 0 Å². The molecule has 3 rings (SSSR count). The molecule has 1 aromatic carbocycles. The summed E-state index contributed by atoms with van der Waals surface area (Å²) < 4.78 is 10.4. The molecule has 0 unspecified atom stereocenters. The summed E-state index contributed by atoms with van der Waals surface area (Å²) in [5.41, 5.74) is 2.12. The van der Waals surface area contributed by atoms with Gasteiger partial charge < -0.3 is 14.5 Å². The molecule has 0 aliphatic rings. The smallest absolute Gasteiger partial charge is 0.341 e. The molecular formula is C20H19NO4S. The summed E-state index contributed by atoms with van der Waals surface area (Å²) >= 11 is 1.39. The largest absolute Gasteiger partial charge is 0.462 e. The number of hydrogen-bond acceptors (Lipinski definition) is 5. The molecule has 1 N–H and O–H groups in total. The predicted molar refractivity (Wildman–Crippen MR) is 102 cm³/mol. The number of carbonyl (C=O) groups excluding carboxylic acids is 2. The minimum atomic E-state index is -0.447. The minimum Gasteiger partial charge on any atom is -0.462 e. The average Bonchev–Trinajstić information content (AvgIpc) is 3.30. The van der Waals surface area contributed by atoms with E-state index in [4.69, 9.17) is 9.15 Å². The van der Waals surface area contributed by atoms with Crippen LogP contribution in [0.2, 0.25) is 0 Å². The molecule has 0 bridgehead atoms. The summed E-state index contributed by atoms with van der Waals surface area (Å²) in [6.45, 7) is 4.04. The van der Waals surface area contributed by atoms with Crippen LogP contribution in [0.4, 0.5) is 5.00 Å². The molecule has 0 spiro atoms. The number of benzene rings is 1. The van der Waals surface area contributed by atoms with Crippen LogP contribution < -0.4 is 5.32 Å². The molecule has 0 fully saturated rings. The van der Waals surface area contributed by atoms with Crippen LogP contribution in [0.1, 0.15) is 39.6 Å². The molecule has 3 aromatic rings. The highest BCUT2D eigenvalue weighted by molar-refractivity contribution is 7.17. The average molecular weight is 369 g/mol. The summed E-state index contributed by atoms with van der Waals surface area (Å²) in [5, 5.41) is 3.27. The van der Waals surface area contributed by atoms with Crippen molar-refractivity contribution in [2.75, 3.05) is 11.9 Å². The van der Waals surface area contributed by atoms with Gasteiger partial charge >= 0.3 is 5.97 Å². The lowest BCUT2D eigenvalue weighted by Gasteiger charge is -2.09. The van der Waals surface area contributed by atoms with E-state index in [0.717, 1.165) is 22.4 Å². The quantitative estimate of drug-likeness (QED) is 0.621. The van der Waals surface area contributed by atoms with Crippen LogP contribution in [-0.4, -0.2) is 18.5 Å². The molecule has 0 aliphatic carbocycles. The summed E-state index contributed by atoms with van der Waals surface area (Å²) in [7, 11) is 0. The number of thiophene rings is 1. The van der Waals surface area contributed by atoms with Gasteiger partial charge in [-0.05, 0) is 31.0 Å². The van der Waals surface area contributed by atoms with E-state index in [2.05, 4.69) is 5.32 Å². The number of hydrogen-bond donors (Lipinski definition) is 1. The number of esters is 1. The zero-order chi connectivity index (χ0) is 18.5. The number of aryl methyl sites for hydroxylation is 1. The lowest BCUT2D eigenvalue weighted by atomic mass is 10.00. The van der Waals surface area contributed by atoms with Gasteiger partial charge in [0, 0.05) is 10.4 Å². The number of nitrogens with one attached hydrogen (secondary N) is 1. The van der Waals surface area contributed by atoms with Gasteiger partial charge in [-0.15, -0.1) is 11.3 Å². The topological polar surface area (TPSA) is 68.5 Å². The van der Waals surface area contributed by atoms with Crippen molar-refractivity contribution in [1.82, 2.24) is 0 Å².